The number of rotatable bonds is 17. The van der Waals surface area contributed by atoms with Gasteiger partial charge in [0.2, 0.25) is 29.6 Å². The van der Waals surface area contributed by atoms with Crippen molar-refractivity contribution in [3.63, 3.8) is 0 Å². The van der Waals surface area contributed by atoms with Gasteiger partial charge in [0.15, 0.2) is 5.65 Å². The molecular formula is C54H63N11O7S. The molecule has 382 valence electrons. The number of anilines is 4. The van der Waals surface area contributed by atoms with Gasteiger partial charge in [-0.25, -0.2) is 9.97 Å². The molecule has 18 nitrogen and oxygen atoms in total. The van der Waals surface area contributed by atoms with Gasteiger partial charge >= 0.3 is 0 Å². The Morgan fingerprint density at radius 3 is 2.44 bits per heavy atom. The van der Waals surface area contributed by atoms with E-state index < -0.39 is 23.6 Å². The third-order valence-electron chi connectivity index (χ3n) is 13.3. The maximum Gasteiger partial charge on any atom is 0.257 e. The van der Waals surface area contributed by atoms with Crippen LogP contribution in [-0.4, -0.2) is 123 Å². The lowest BCUT2D eigenvalue weighted by atomic mass is 9.85. The molecule has 8 rings (SSSR count). The van der Waals surface area contributed by atoms with Crippen molar-refractivity contribution in [2.75, 3.05) is 61.9 Å². The summed E-state index contributed by atoms with van der Waals surface area (Å²) in [5.41, 5.74) is 7.53. The number of ether oxygens (including phenoxy) is 1. The molecule has 6 aromatic rings. The Bertz CT molecular complexity index is 3070. The lowest BCUT2D eigenvalue weighted by molar-refractivity contribution is -0.144. The van der Waals surface area contributed by atoms with Crippen LogP contribution in [0.15, 0.2) is 102 Å². The fourth-order valence-corrected chi connectivity index (χ4v) is 10.1. The average Bonchev–Trinajstić information content (AvgIpc) is 3.99. The normalized spacial score (nSPS) is 16.5. The number of nitrogens with one attached hydrogen (secondary N) is 4. The first kappa shape index (κ1) is 51.9. The van der Waals surface area contributed by atoms with E-state index in [0.717, 1.165) is 59.1 Å². The molecule has 3 aromatic carbocycles. The van der Waals surface area contributed by atoms with E-state index in [4.69, 9.17) is 9.72 Å². The zero-order chi connectivity index (χ0) is 52.0. The number of methoxy groups -OCH3 is 1. The summed E-state index contributed by atoms with van der Waals surface area (Å²) in [5.74, 6) is -0.521. The summed E-state index contributed by atoms with van der Waals surface area (Å²) in [5, 5.41) is 23.3. The number of hydrogen-bond acceptors (Lipinski definition) is 14. The number of pyridine rings is 1. The molecule has 4 amide bonds. The Labute approximate surface area is 428 Å². The Morgan fingerprint density at radius 1 is 0.973 bits per heavy atom. The highest BCUT2D eigenvalue weighted by Crippen LogP contribution is 2.33. The molecule has 19 heteroatoms. The largest absolute Gasteiger partial charge is 0.494 e. The van der Waals surface area contributed by atoms with Gasteiger partial charge in [-0.15, -0.1) is 11.3 Å². The second-order valence-electron chi connectivity index (χ2n) is 19.6. The van der Waals surface area contributed by atoms with Crippen LogP contribution in [0.1, 0.15) is 56.9 Å². The van der Waals surface area contributed by atoms with Gasteiger partial charge in [0.25, 0.3) is 5.56 Å². The van der Waals surface area contributed by atoms with Crippen molar-refractivity contribution in [2.45, 2.75) is 78.6 Å². The van der Waals surface area contributed by atoms with Crippen LogP contribution >= 0.6 is 11.3 Å². The number of hydrogen-bond donors (Lipinski definition) is 5. The smallest absolute Gasteiger partial charge is 0.257 e. The Morgan fingerprint density at radius 2 is 1.74 bits per heavy atom. The number of carbonyl (C=O) groups excluding carboxylic acids is 4. The van der Waals surface area contributed by atoms with Gasteiger partial charge < -0.3 is 40.9 Å². The summed E-state index contributed by atoms with van der Waals surface area (Å²) in [6, 6.07) is 20.5. The number of aliphatic hydroxyl groups is 1. The van der Waals surface area contributed by atoms with Gasteiger partial charge in [-0.3, -0.25) is 33.4 Å². The molecule has 3 unspecified atom stereocenters. The maximum atomic E-state index is 14.2. The lowest BCUT2D eigenvalue weighted by Crippen LogP contribution is -2.57. The first-order valence-corrected chi connectivity index (χ1v) is 25.3. The van der Waals surface area contributed by atoms with E-state index in [1.54, 1.807) is 48.9 Å². The van der Waals surface area contributed by atoms with Gasteiger partial charge in [-0.1, -0.05) is 57.7 Å². The summed E-state index contributed by atoms with van der Waals surface area (Å²) < 4.78 is 7.31. The Balaban J connectivity index is 0.829. The van der Waals surface area contributed by atoms with Crippen LogP contribution in [0.3, 0.4) is 0 Å². The standard InChI is InChI=1S/C54H63N11O7S/c1-8-45(67)58-37-11-9-12-39(26-37)65-47(69)25-33(2)41-30-56-53(61-50(41)65)59-42-19-18-38(27-44(42)72-7)63-23-21-62(22-24-63)20-10-13-46(68)60-49(54(4,5)6)52(71)64-31-40(66)28-43(64)51(70)55-29-35-14-16-36(17-15-35)48-34(3)57-32-73-48/h8-9,11-12,14-19,25-27,30,32,40,43,49,66H,1,10,13,20-24,28-29,31H2,2-7H3,(H,55,70)(H,58,67)(H,60,68)(H,56,59,61). The van der Waals surface area contributed by atoms with Crippen LogP contribution in [0, 0.1) is 19.3 Å². The number of fused-ring (bicyclic) bond motifs is 1. The summed E-state index contributed by atoms with van der Waals surface area (Å²) in [4.78, 5) is 87.4. The molecule has 2 saturated heterocycles. The van der Waals surface area contributed by atoms with E-state index >= 15 is 0 Å². The number of aromatic nitrogens is 4. The van der Waals surface area contributed by atoms with Gasteiger partial charge in [0.05, 0.1) is 40.7 Å². The molecule has 0 spiro atoms. The number of thiazole rings is 1. The van der Waals surface area contributed by atoms with Crippen molar-refractivity contribution in [1.29, 1.82) is 0 Å². The van der Waals surface area contributed by atoms with Crippen molar-refractivity contribution in [3.05, 3.63) is 124 Å². The molecule has 0 saturated carbocycles. The highest BCUT2D eigenvalue weighted by atomic mass is 32.1. The van der Waals surface area contributed by atoms with Gasteiger partial charge in [0, 0.05) is 87.2 Å². The zero-order valence-corrected chi connectivity index (χ0v) is 42.9. The number of aryl methyl sites for hydroxylation is 2. The van der Waals surface area contributed by atoms with Crippen molar-refractivity contribution in [3.8, 4) is 21.9 Å². The van der Waals surface area contributed by atoms with Gasteiger partial charge in [-0.2, -0.15) is 4.98 Å². The van der Waals surface area contributed by atoms with Crippen molar-refractivity contribution in [2.24, 2.45) is 5.41 Å². The third-order valence-corrected chi connectivity index (χ3v) is 14.3. The highest BCUT2D eigenvalue weighted by molar-refractivity contribution is 7.13. The monoisotopic (exact) mass is 1010 g/mol. The Hall–Kier alpha value is -7.48. The number of β-amino-alcohol motifs (C(OH)–C–C–N with tert-alkyl or cyclic N) is 1. The molecule has 73 heavy (non-hydrogen) atoms. The Kier molecular flexibility index (Phi) is 16.0. The first-order valence-electron chi connectivity index (χ1n) is 24.4. The van der Waals surface area contributed by atoms with Crippen molar-refractivity contribution < 1.29 is 29.0 Å². The minimum atomic E-state index is -0.900. The van der Waals surface area contributed by atoms with Crippen LogP contribution in [0.25, 0.3) is 27.2 Å². The van der Waals surface area contributed by atoms with Crippen LogP contribution in [-0.2, 0) is 25.7 Å². The molecule has 3 atom stereocenters. The predicted molar refractivity (Wildman–Crippen MR) is 285 cm³/mol. The summed E-state index contributed by atoms with van der Waals surface area (Å²) in [6.07, 6.45) is 2.92. The average molecular weight is 1010 g/mol. The predicted octanol–water partition coefficient (Wildman–Crippen LogP) is 6.11. The molecule has 0 bridgehead atoms. The summed E-state index contributed by atoms with van der Waals surface area (Å²) in [6.45, 7) is 17.0. The zero-order valence-electron chi connectivity index (χ0n) is 42.1. The van der Waals surface area contributed by atoms with E-state index in [9.17, 15) is 29.1 Å². The highest BCUT2D eigenvalue weighted by Gasteiger charge is 2.44. The third kappa shape index (κ3) is 12.2. The maximum absolute atomic E-state index is 14.2. The minimum Gasteiger partial charge on any atom is -0.494 e. The van der Waals surface area contributed by atoms with Gasteiger partial charge in [-0.05, 0) is 85.3 Å². The molecule has 5 N–H and O–H groups in total. The molecular weight excluding hydrogens is 947 g/mol. The van der Waals surface area contributed by atoms with E-state index in [2.05, 4.69) is 47.6 Å². The number of likely N-dealkylation sites (tertiary alicyclic amines) is 1. The number of nitrogens with zero attached hydrogens (tertiary/aromatic N) is 7. The number of aliphatic hydroxyl groups excluding tert-OH is 1. The molecule has 5 heterocycles. The minimum absolute atomic E-state index is 0.00594. The second kappa shape index (κ2) is 22.5. The van der Waals surface area contributed by atoms with Crippen molar-refractivity contribution >= 4 is 69.0 Å². The summed E-state index contributed by atoms with van der Waals surface area (Å²) >= 11 is 1.58. The topological polar surface area (TPSA) is 216 Å². The number of piperazine rings is 1. The number of benzene rings is 3. The van der Waals surface area contributed by atoms with Crippen LogP contribution in [0.4, 0.5) is 23.0 Å². The quantitative estimate of drug-likeness (QED) is 0.0653. The molecule has 0 radical (unpaired) electrons. The summed E-state index contributed by atoms with van der Waals surface area (Å²) in [7, 11) is 1.60. The second-order valence-corrected chi connectivity index (χ2v) is 20.4. The SMILES string of the molecule is C=CC(=O)Nc1cccc(-n2c(=O)cc(C)c3cnc(Nc4ccc(N5CCN(CCCC(=O)NC(C(=O)N6CC(O)CC6C(=O)NCc6ccc(-c7scnc7C)cc6)C(C)(C)C)CC5)cc4OC)nc32)c1. The number of carbonyl (C=O) groups is 4. The van der Waals surface area contributed by atoms with Crippen LogP contribution in [0.5, 0.6) is 5.75 Å². The first-order chi connectivity index (χ1) is 35.0. The van der Waals surface area contributed by atoms with Crippen LogP contribution in [0.2, 0.25) is 0 Å². The van der Waals surface area contributed by atoms with Gasteiger partial charge in [0.1, 0.15) is 17.8 Å². The lowest BCUT2D eigenvalue weighted by Gasteiger charge is -2.36. The van der Waals surface area contributed by atoms with E-state index in [1.165, 1.54) is 21.6 Å². The van der Waals surface area contributed by atoms with Crippen molar-refractivity contribution in [1.82, 2.24) is 40.0 Å². The van der Waals surface area contributed by atoms with Crippen LogP contribution < -0.4 is 36.5 Å². The fraction of sp³-hybridized carbons (Fsp3) is 0.370. The number of amides is 4. The molecule has 2 fully saturated rings. The van der Waals surface area contributed by atoms with E-state index in [-0.39, 0.29) is 61.1 Å². The van der Waals surface area contributed by atoms with E-state index in [0.29, 0.717) is 46.8 Å². The van der Waals surface area contributed by atoms with E-state index in [1.807, 2.05) is 82.6 Å². The molecule has 3 aromatic heterocycles. The fourth-order valence-electron chi connectivity index (χ4n) is 9.29. The molecule has 2 aliphatic rings. The molecule has 2 aliphatic heterocycles. The molecule has 0 aliphatic carbocycles.